The number of sulfonamides is 1. The molecule has 1 fully saturated rings. The number of hydrogen-bond donors (Lipinski definition) is 2. The van der Waals surface area contributed by atoms with Gasteiger partial charge in [0.05, 0.1) is 12.4 Å². The van der Waals surface area contributed by atoms with E-state index in [2.05, 4.69) is 19.9 Å². The summed E-state index contributed by atoms with van der Waals surface area (Å²) in [5, 5.41) is 3.31. The topological polar surface area (TPSA) is 92.3 Å². The molecule has 0 amide bonds. The molecule has 0 aromatic rings. The molecule has 0 atom stereocenters. The zero-order chi connectivity index (χ0) is 18.5. The Labute approximate surface area is 175 Å². The number of hydrogen-bond acceptors (Lipinski definition) is 5. The third-order valence-electron chi connectivity index (χ3n) is 3.88. The Morgan fingerprint density at radius 1 is 1.23 bits per heavy atom. The van der Waals surface area contributed by atoms with Crippen molar-refractivity contribution in [1.29, 1.82) is 0 Å². The van der Waals surface area contributed by atoms with Gasteiger partial charge in [0.1, 0.15) is 0 Å². The van der Waals surface area contributed by atoms with E-state index >= 15 is 0 Å². The average molecular weight is 506 g/mol. The molecule has 0 saturated carbocycles. The lowest BCUT2D eigenvalue weighted by Crippen LogP contribution is -2.47. The molecule has 0 aliphatic carbocycles. The quantitative estimate of drug-likeness (QED) is 0.188. The van der Waals surface area contributed by atoms with Gasteiger partial charge in [0.25, 0.3) is 0 Å². The van der Waals surface area contributed by atoms with Crippen LogP contribution in [0.15, 0.2) is 4.99 Å². The van der Waals surface area contributed by atoms with Gasteiger partial charge < -0.3 is 19.7 Å². The first-order valence-corrected chi connectivity index (χ1v) is 10.9. The van der Waals surface area contributed by atoms with E-state index in [1.165, 1.54) is 6.26 Å². The van der Waals surface area contributed by atoms with Gasteiger partial charge in [-0.25, -0.2) is 13.1 Å². The molecule has 156 valence electrons. The fourth-order valence-electron chi connectivity index (χ4n) is 2.63. The maximum atomic E-state index is 11.0. The van der Waals surface area contributed by atoms with Gasteiger partial charge in [0.15, 0.2) is 5.96 Å². The lowest BCUT2D eigenvalue weighted by atomic mass is 10.1. The molecular formula is C16H35IN4O4S. The monoisotopic (exact) mass is 506 g/mol. The highest BCUT2D eigenvalue weighted by Crippen LogP contribution is 2.14. The second-order valence-electron chi connectivity index (χ2n) is 6.16. The number of ether oxygens (including phenoxy) is 2. The maximum Gasteiger partial charge on any atom is 0.208 e. The van der Waals surface area contributed by atoms with Crippen molar-refractivity contribution in [1.82, 2.24) is 14.9 Å². The predicted molar refractivity (Wildman–Crippen MR) is 116 cm³/mol. The zero-order valence-corrected chi connectivity index (χ0v) is 19.3. The number of halogens is 1. The molecule has 1 aliphatic heterocycles. The summed E-state index contributed by atoms with van der Waals surface area (Å²) in [5.41, 5.74) is 0. The lowest BCUT2D eigenvalue weighted by Gasteiger charge is -2.34. The summed E-state index contributed by atoms with van der Waals surface area (Å²) in [5.74, 6) is 0.902. The second kappa shape index (κ2) is 14.8. The molecular weight excluding hydrogens is 471 g/mol. The van der Waals surface area contributed by atoms with Gasteiger partial charge in [-0.2, -0.15) is 0 Å². The molecule has 8 nitrogen and oxygen atoms in total. The molecule has 1 saturated heterocycles. The molecule has 1 aliphatic rings. The molecule has 0 spiro atoms. The first-order chi connectivity index (χ1) is 12.0. The van der Waals surface area contributed by atoms with Gasteiger partial charge in [-0.3, -0.25) is 4.99 Å². The highest BCUT2D eigenvalue weighted by Gasteiger charge is 2.21. The molecule has 0 unspecified atom stereocenters. The Morgan fingerprint density at radius 3 is 2.50 bits per heavy atom. The Balaban J connectivity index is 0.00000625. The highest BCUT2D eigenvalue weighted by molar-refractivity contribution is 14.0. The van der Waals surface area contributed by atoms with Crippen LogP contribution < -0.4 is 10.0 Å². The van der Waals surface area contributed by atoms with Crippen LogP contribution >= 0.6 is 24.0 Å². The molecule has 0 radical (unpaired) electrons. The minimum absolute atomic E-state index is 0. The van der Waals surface area contributed by atoms with E-state index in [1.54, 1.807) is 7.11 Å². The van der Waals surface area contributed by atoms with Crippen molar-refractivity contribution in [2.45, 2.75) is 38.7 Å². The van der Waals surface area contributed by atoms with Crippen LogP contribution in [0.25, 0.3) is 0 Å². The van der Waals surface area contributed by atoms with Crippen LogP contribution in [-0.4, -0.2) is 84.7 Å². The van der Waals surface area contributed by atoms with Crippen LogP contribution in [0, 0.1) is 0 Å². The molecule has 10 heteroatoms. The molecule has 0 aromatic heterocycles. The van der Waals surface area contributed by atoms with E-state index in [9.17, 15) is 8.42 Å². The fraction of sp³-hybridized carbons (Fsp3) is 0.938. The number of guanidine groups is 1. The van der Waals surface area contributed by atoms with Crippen LogP contribution in [0.1, 0.15) is 32.6 Å². The summed E-state index contributed by atoms with van der Waals surface area (Å²) < 4.78 is 35.5. The number of aliphatic imine (C=N–C) groups is 1. The van der Waals surface area contributed by atoms with Crippen molar-refractivity contribution < 1.29 is 17.9 Å². The van der Waals surface area contributed by atoms with Crippen LogP contribution in [0.5, 0.6) is 0 Å². The molecule has 2 N–H and O–H groups in total. The van der Waals surface area contributed by atoms with Gasteiger partial charge in [-0.15, -0.1) is 24.0 Å². The second-order valence-corrected chi connectivity index (χ2v) is 7.99. The molecule has 1 heterocycles. The largest absolute Gasteiger partial charge is 0.385 e. The predicted octanol–water partition coefficient (Wildman–Crippen LogP) is 1.03. The van der Waals surface area contributed by atoms with Crippen molar-refractivity contribution in [2.24, 2.45) is 4.99 Å². The highest BCUT2D eigenvalue weighted by atomic mass is 127. The number of likely N-dealkylation sites (tertiary alicyclic amines) is 1. The molecule has 1 rings (SSSR count). The number of nitrogens with zero attached hydrogens (tertiary/aromatic N) is 2. The first-order valence-electron chi connectivity index (χ1n) is 9.04. The van der Waals surface area contributed by atoms with E-state index in [1.807, 2.05) is 6.92 Å². The third kappa shape index (κ3) is 12.3. The normalized spacial score (nSPS) is 16.4. The van der Waals surface area contributed by atoms with E-state index in [-0.39, 0.29) is 24.0 Å². The van der Waals surface area contributed by atoms with E-state index in [4.69, 9.17) is 9.47 Å². The SMILES string of the molecule is CCNC(=NCCCNS(C)(=O)=O)N1CCC(OCCCOC)CC1.I. The summed E-state index contributed by atoms with van der Waals surface area (Å²) in [4.78, 5) is 6.86. The van der Waals surface area contributed by atoms with Gasteiger partial charge >= 0.3 is 0 Å². The number of rotatable bonds is 11. The zero-order valence-electron chi connectivity index (χ0n) is 16.2. The average Bonchev–Trinajstić information content (AvgIpc) is 2.57. The van der Waals surface area contributed by atoms with Crippen molar-refractivity contribution >= 4 is 40.0 Å². The fourth-order valence-corrected chi connectivity index (χ4v) is 3.15. The van der Waals surface area contributed by atoms with E-state index in [0.717, 1.165) is 58.1 Å². The number of nitrogens with one attached hydrogen (secondary N) is 2. The summed E-state index contributed by atoms with van der Waals surface area (Å²) in [7, 11) is -1.41. The molecule has 0 bridgehead atoms. The number of piperidine rings is 1. The summed E-state index contributed by atoms with van der Waals surface area (Å²) in [6.07, 6.45) is 5.08. The first kappa shape index (κ1) is 25.8. The Morgan fingerprint density at radius 2 is 1.92 bits per heavy atom. The summed E-state index contributed by atoms with van der Waals surface area (Å²) in [6, 6.07) is 0. The van der Waals surface area contributed by atoms with Crippen LogP contribution in [0.4, 0.5) is 0 Å². The minimum atomic E-state index is -3.12. The smallest absolute Gasteiger partial charge is 0.208 e. The van der Waals surface area contributed by atoms with Crippen molar-refractivity contribution in [3.05, 3.63) is 0 Å². The Bertz CT molecular complexity index is 483. The summed E-state index contributed by atoms with van der Waals surface area (Å²) >= 11 is 0. The van der Waals surface area contributed by atoms with Crippen molar-refractivity contribution in [3.8, 4) is 0 Å². The van der Waals surface area contributed by atoms with Crippen molar-refractivity contribution in [2.75, 3.05) is 59.3 Å². The molecule has 26 heavy (non-hydrogen) atoms. The summed E-state index contributed by atoms with van der Waals surface area (Å²) in [6.45, 7) is 7.20. The van der Waals surface area contributed by atoms with Gasteiger partial charge in [0.2, 0.25) is 10.0 Å². The van der Waals surface area contributed by atoms with Crippen LogP contribution in [0.2, 0.25) is 0 Å². The third-order valence-corrected chi connectivity index (χ3v) is 4.61. The van der Waals surface area contributed by atoms with Gasteiger partial charge in [0, 0.05) is 53.0 Å². The lowest BCUT2D eigenvalue weighted by molar-refractivity contribution is 0.00991. The minimum Gasteiger partial charge on any atom is -0.385 e. The van der Waals surface area contributed by atoms with Gasteiger partial charge in [-0.05, 0) is 32.6 Å². The van der Waals surface area contributed by atoms with Crippen LogP contribution in [-0.2, 0) is 19.5 Å². The maximum absolute atomic E-state index is 11.0. The van der Waals surface area contributed by atoms with Gasteiger partial charge in [-0.1, -0.05) is 0 Å². The van der Waals surface area contributed by atoms with E-state index < -0.39 is 10.0 Å². The van der Waals surface area contributed by atoms with E-state index in [0.29, 0.717) is 25.6 Å². The van der Waals surface area contributed by atoms with Crippen LogP contribution in [0.3, 0.4) is 0 Å². The number of methoxy groups -OCH3 is 1. The van der Waals surface area contributed by atoms with Crippen molar-refractivity contribution in [3.63, 3.8) is 0 Å². The standard InChI is InChI=1S/C16H34N4O4S.HI/c1-4-17-16(18-9-5-10-19-25(3,21)22)20-11-7-15(8-12-20)24-14-6-13-23-2;/h15,19H,4-14H2,1-3H3,(H,17,18);1H. The Hall–Kier alpha value is -0.170. The Kier molecular flexibility index (Phi) is 14.7. The molecule has 0 aromatic carbocycles.